The third-order valence-electron chi connectivity index (χ3n) is 2.55. The second-order valence-corrected chi connectivity index (χ2v) is 4.76. The molecule has 1 aliphatic heterocycles. The number of nitrogens with zero attached hydrogens (tertiary/aromatic N) is 2. The Morgan fingerprint density at radius 1 is 1.65 bits per heavy atom. The van der Waals surface area contributed by atoms with Gasteiger partial charge in [-0.05, 0) is 30.7 Å². The molecule has 0 aromatic carbocycles. The van der Waals surface area contributed by atoms with E-state index < -0.39 is 4.92 Å². The molecule has 92 valence electrons. The number of nitrogens with one attached hydrogen (secondary N) is 2. The van der Waals surface area contributed by atoms with E-state index >= 15 is 0 Å². The fourth-order valence-electron chi connectivity index (χ4n) is 1.66. The van der Waals surface area contributed by atoms with Gasteiger partial charge in [0, 0.05) is 13.1 Å². The summed E-state index contributed by atoms with van der Waals surface area (Å²) in [6, 6.07) is 0. The number of anilines is 1. The molecule has 7 heteroatoms. The van der Waals surface area contributed by atoms with Gasteiger partial charge in [0.05, 0.1) is 4.92 Å². The predicted octanol–water partition coefficient (Wildman–Crippen LogP) is 1.77. The first-order valence-corrected chi connectivity index (χ1v) is 6.30. The van der Waals surface area contributed by atoms with E-state index in [1.165, 1.54) is 11.8 Å². The van der Waals surface area contributed by atoms with Crippen molar-refractivity contribution in [2.75, 3.05) is 25.0 Å². The van der Waals surface area contributed by atoms with Crippen LogP contribution in [0.15, 0.2) is 17.8 Å². The fourth-order valence-corrected chi connectivity index (χ4v) is 2.32. The van der Waals surface area contributed by atoms with E-state index in [0.717, 1.165) is 43.8 Å². The lowest BCUT2D eigenvalue weighted by molar-refractivity contribution is -0.380. The molecule has 1 aromatic heterocycles. The maximum absolute atomic E-state index is 10.5. The third-order valence-corrected chi connectivity index (χ3v) is 3.46. The molecule has 1 aliphatic rings. The predicted molar refractivity (Wildman–Crippen MR) is 67.4 cm³/mol. The van der Waals surface area contributed by atoms with Crippen molar-refractivity contribution in [2.45, 2.75) is 12.8 Å². The minimum atomic E-state index is -0.418. The van der Waals surface area contributed by atoms with Crippen LogP contribution in [0.4, 0.5) is 10.1 Å². The van der Waals surface area contributed by atoms with Crippen LogP contribution >= 0.6 is 11.3 Å². The maximum atomic E-state index is 10.5. The number of aromatic nitrogens is 1. The van der Waals surface area contributed by atoms with Crippen molar-refractivity contribution in [1.29, 1.82) is 0 Å². The van der Waals surface area contributed by atoms with Crippen LogP contribution in [0.5, 0.6) is 0 Å². The zero-order valence-corrected chi connectivity index (χ0v) is 10.1. The quantitative estimate of drug-likeness (QED) is 0.475. The van der Waals surface area contributed by atoms with Crippen LogP contribution in [0.3, 0.4) is 0 Å². The van der Waals surface area contributed by atoms with E-state index in [4.69, 9.17) is 0 Å². The molecule has 2 heterocycles. The summed E-state index contributed by atoms with van der Waals surface area (Å²) in [6.07, 6.45) is 5.54. The van der Waals surface area contributed by atoms with E-state index in [2.05, 4.69) is 21.7 Å². The minimum Gasteiger partial charge on any atom is -0.361 e. The van der Waals surface area contributed by atoms with Gasteiger partial charge in [-0.15, -0.1) is 0 Å². The molecule has 2 N–H and O–H groups in total. The highest BCUT2D eigenvalue weighted by molar-refractivity contribution is 7.18. The lowest BCUT2D eigenvalue weighted by Gasteiger charge is -2.13. The SMILES string of the molecule is O=[N+]([O-])c1cnc(NCCC2=CCNCC2)s1. The summed E-state index contributed by atoms with van der Waals surface area (Å²) in [5.41, 5.74) is 1.43. The first kappa shape index (κ1) is 12.0. The van der Waals surface area contributed by atoms with Crippen molar-refractivity contribution in [3.63, 3.8) is 0 Å². The average Bonchev–Trinajstić information content (AvgIpc) is 2.79. The molecule has 2 rings (SSSR count). The van der Waals surface area contributed by atoms with Crippen molar-refractivity contribution in [2.24, 2.45) is 0 Å². The molecule has 0 saturated heterocycles. The Balaban J connectivity index is 1.77. The van der Waals surface area contributed by atoms with Gasteiger partial charge in [-0.1, -0.05) is 11.6 Å². The van der Waals surface area contributed by atoms with Gasteiger partial charge in [0.25, 0.3) is 0 Å². The fraction of sp³-hybridized carbons (Fsp3) is 0.500. The van der Waals surface area contributed by atoms with Gasteiger partial charge in [-0.3, -0.25) is 10.1 Å². The maximum Gasteiger partial charge on any atom is 0.345 e. The smallest absolute Gasteiger partial charge is 0.345 e. The molecule has 6 nitrogen and oxygen atoms in total. The zero-order valence-electron chi connectivity index (χ0n) is 9.31. The topological polar surface area (TPSA) is 80.1 Å². The van der Waals surface area contributed by atoms with Crippen molar-refractivity contribution >= 4 is 21.5 Å². The lowest BCUT2D eigenvalue weighted by Crippen LogP contribution is -2.21. The number of hydrogen-bond donors (Lipinski definition) is 2. The van der Waals surface area contributed by atoms with Crippen molar-refractivity contribution in [3.8, 4) is 0 Å². The van der Waals surface area contributed by atoms with E-state index in [9.17, 15) is 10.1 Å². The summed E-state index contributed by atoms with van der Waals surface area (Å²) in [7, 11) is 0. The standard InChI is InChI=1S/C10H14N4O2S/c15-14(16)9-7-13-10(17-9)12-6-3-8-1-4-11-5-2-8/h1,7,11H,2-6H2,(H,12,13). The summed E-state index contributed by atoms with van der Waals surface area (Å²) >= 11 is 1.07. The summed E-state index contributed by atoms with van der Waals surface area (Å²) in [4.78, 5) is 14.0. The van der Waals surface area contributed by atoms with Crippen LogP contribution in [-0.4, -0.2) is 29.5 Å². The molecule has 0 unspecified atom stereocenters. The molecule has 0 fully saturated rings. The Bertz CT molecular complexity index is 430. The van der Waals surface area contributed by atoms with E-state index in [-0.39, 0.29) is 5.00 Å². The molecule has 0 radical (unpaired) electrons. The summed E-state index contributed by atoms with van der Waals surface area (Å²) in [6.45, 7) is 2.75. The molecular formula is C10H14N4O2S. The number of nitro groups is 1. The molecule has 0 spiro atoms. The summed E-state index contributed by atoms with van der Waals surface area (Å²) in [5.74, 6) is 0. The van der Waals surface area contributed by atoms with Gasteiger partial charge in [0.2, 0.25) is 0 Å². The van der Waals surface area contributed by atoms with Crippen molar-refractivity contribution in [1.82, 2.24) is 10.3 Å². The lowest BCUT2D eigenvalue weighted by atomic mass is 10.1. The minimum absolute atomic E-state index is 0.0774. The van der Waals surface area contributed by atoms with Gasteiger partial charge in [0.15, 0.2) is 5.13 Å². The Kier molecular flexibility index (Phi) is 4.05. The van der Waals surface area contributed by atoms with Crippen LogP contribution in [0.25, 0.3) is 0 Å². The summed E-state index contributed by atoms with van der Waals surface area (Å²) in [5, 5.41) is 17.5. The van der Waals surface area contributed by atoms with Gasteiger partial charge >= 0.3 is 5.00 Å². The number of thiazole rings is 1. The Morgan fingerprint density at radius 2 is 2.53 bits per heavy atom. The van der Waals surface area contributed by atoms with Crippen LogP contribution < -0.4 is 10.6 Å². The molecule has 1 aromatic rings. The number of hydrogen-bond acceptors (Lipinski definition) is 6. The zero-order chi connectivity index (χ0) is 12.1. The third kappa shape index (κ3) is 3.50. The number of rotatable bonds is 5. The van der Waals surface area contributed by atoms with Gasteiger partial charge in [-0.25, -0.2) is 4.98 Å². The highest BCUT2D eigenvalue weighted by Crippen LogP contribution is 2.25. The van der Waals surface area contributed by atoms with E-state index in [1.807, 2.05) is 0 Å². The molecular weight excluding hydrogens is 240 g/mol. The van der Waals surface area contributed by atoms with Gasteiger partial charge in [0.1, 0.15) is 6.20 Å². The largest absolute Gasteiger partial charge is 0.361 e. The Labute approximate surface area is 103 Å². The highest BCUT2D eigenvalue weighted by Gasteiger charge is 2.11. The Morgan fingerprint density at radius 3 is 3.18 bits per heavy atom. The van der Waals surface area contributed by atoms with Crippen LogP contribution in [0, 0.1) is 10.1 Å². The molecule has 0 atom stereocenters. The molecule has 0 aliphatic carbocycles. The average molecular weight is 254 g/mol. The highest BCUT2D eigenvalue weighted by atomic mass is 32.1. The Hall–Kier alpha value is -1.47. The van der Waals surface area contributed by atoms with Crippen molar-refractivity contribution < 1.29 is 4.92 Å². The van der Waals surface area contributed by atoms with E-state index in [1.54, 1.807) is 0 Å². The van der Waals surface area contributed by atoms with Crippen LogP contribution in [0.1, 0.15) is 12.8 Å². The first-order chi connectivity index (χ1) is 8.25. The second kappa shape index (κ2) is 5.74. The van der Waals surface area contributed by atoms with Crippen LogP contribution in [0.2, 0.25) is 0 Å². The van der Waals surface area contributed by atoms with Crippen LogP contribution in [-0.2, 0) is 0 Å². The molecule has 17 heavy (non-hydrogen) atoms. The molecule has 0 amide bonds. The molecule has 0 saturated carbocycles. The summed E-state index contributed by atoms with van der Waals surface area (Å²) < 4.78 is 0. The normalized spacial score (nSPS) is 15.4. The van der Waals surface area contributed by atoms with Crippen molar-refractivity contribution in [3.05, 3.63) is 28.0 Å². The monoisotopic (exact) mass is 254 g/mol. The molecule has 0 bridgehead atoms. The second-order valence-electron chi connectivity index (χ2n) is 3.75. The van der Waals surface area contributed by atoms with Gasteiger partial charge in [-0.2, -0.15) is 0 Å². The van der Waals surface area contributed by atoms with Gasteiger partial charge < -0.3 is 10.6 Å². The van der Waals surface area contributed by atoms with E-state index in [0.29, 0.717) is 5.13 Å². The first-order valence-electron chi connectivity index (χ1n) is 5.48.